The van der Waals surface area contributed by atoms with E-state index in [9.17, 15) is 10.2 Å². The normalized spacial score (nSPS) is 22.5. The van der Waals surface area contributed by atoms with Crippen LogP contribution in [0.5, 0.6) is 23.0 Å². The molecule has 0 saturated carbocycles. The topological polar surface area (TPSA) is 77.4 Å². The highest BCUT2D eigenvalue weighted by molar-refractivity contribution is 5.56. The Balaban J connectivity index is 1.71. The number of aliphatic hydroxyl groups excluding tert-OH is 2. The van der Waals surface area contributed by atoms with Crippen LogP contribution in [0.3, 0.4) is 0 Å². The van der Waals surface area contributed by atoms with Crippen molar-refractivity contribution in [3.63, 3.8) is 0 Å². The SMILES string of the molecule is COc1cc(C(O)C(C)O)cc2c1O[C@H](c1ccc3c(c1)OCO3)[C@H]2C. The van der Waals surface area contributed by atoms with Crippen molar-refractivity contribution in [2.45, 2.75) is 38.1 Å². The Morgan fingerprint density at radius 1 is 1.12 bits per heavy atom. The molecule has 4 atom stereocenters. The third-order valence-corrected chi connectivity index (χ3v) is 5.04. The summed E-state index contributed by atoms with van der Waals surface area (Å²) in [4.78, 5) is 0. The predicted octanol–water partition coefficient (Wildman–Crippen LogP) is 3.08. The van der Waals surface area contributed by atoms with E-state index in [1.54, 1.807) is 20.1 Å². The van der Waals surface area contributed by atoms with Gasteiger partial charge in [0.1, 0.15) is 12.2 Å². The molecule has 0 aromatic heterocycles. The van der Waals surface area contributed by atoms with Crippen molar-refractivity contribution in [3.05, 3.63) is 47.0 Å². The minimum Gasteiger partial charge on any atom is -0.493 e. The molecule has 2 aliphatic rings. The van der Waals surface area contributed by atoms with Gasteiger partial charge in [-0.3, -0.25) is 0 Å². The smallest absolute Gasteiger partial charge is 0.231 e. The molecular weight excluding hydrogens is 336 g/mol. The van der Waals surface area contributed by atoms with Gasteiger partial charge in [-0.2, -0.15) is 0 Å². The number of hydrogen-bond donors (Lipinski definition) is 2. The minimum atomic E-state index is -0.981. The van der Waals surface area contributed by atoms with Crippen molar-refractivity contribution in [1.29, 1.82) is 0 Å². The summed E-state index contributed by atoms with van der Waals surface area (Å²) in [6, 6.07) is 9.39. The number of fused-ring (bicyclic) bond motifs is 2. The van der Waals surface area contributed by atoms with Gasteiger partial charge in [-0.1, -0.05) is 13.0 Å². The lowest BCUT2D eigenvalue weighted by molar-refractivity contribution is 0.0304. The molecule has 2 heterocycles. The van der Waals surface area contributed by atoms with E-state index in [1.165, 1.54) is 0 Å². The molecule has 2 aliphatic heterocycles. The van der Waals surface area contributed by atoms with Crippen LogP contribution < -0.4 is 18.9 Å². The average Bonchev–Trinajstić information content (AvgIpc) is 3.24. The van der Waals surface area contributed by atoms with Crippen LogP contribution in [0.15, 0.2) is 30.3 Å². The van der Waals surface area contributed by atoms with Crippen LogP contribution in [-0.2, 0) is 0 Å². The molecule has 0 saturated heterocycles. The molecule has 2 aromatic carbocycles. The number of benzene rings is 2. The van der Waals surface area contributed by atoms with Gasteiger partial charge in [0.15, 0.2) is 23.0 Å². The molecule has 4 rings (SSSR count). The maximum absolute atomic E-state index is 10.2. The third kappa shape index (κ3) is 2.66. The Morgan fingerprint density at radius 3 is 2.62 bits per heavy atom. The van der Waals surface area contributed by atoms with E-state index in [4.69, 9.17) is 18.9 Å². The van der Waals surface area contributed by atoms with Crippen LogP contribution in [-0.4, -0.2) is 30.2 Å². The largest absolute Gasteiger partial charge is 0.493 e. The summed E-state index contributed by atoms with van der Waals surface area (Å²) in [5, 5.41) is 20.0. The first-order chi connectivity index (χ1) is 12.5. The molecular formula is C20H22O6. The Kier molecular flexibility index (Phi) is 4.17. The van der Waals surface area contributed by atoms with Crippen molar-refractivity contribution < 1.29 is 29.2 Å². The van der Waals surface area contributed by atoms with Crippen molar-refractivity contribution >= 4 is 0 Å². The summed E-state index contributed by atoms with van der Waals surface area (Å²) < 4.78 is 22.5. The standard InChI is InChI=1S/C20H22O6/c1-10-14-6-13(18(22)11(2)21)8-17(23-3)20(14)26-19(10)12-4-5-15-16(7-12)25-9-24-15/h4-8,10-11,18-19,21-22H,9H2,1-3H3/t10-,11?,18?,19-/m0/s1. The van der Waals surface area contributed by atoms with E-state index in [1.807, 2.05) is 24.3 Å². The van der Waals surface area contributed by atoms with E-state index < -0.39 is 12.2 Å². The summed E-state index contributed by atoms with van der Waals surface area (Å²) in [6.45, 7) is 3.85. The summed E-state index contributed by atoms with van der Waals surface area (Å²) in [7, 11) is 1.57. The van der Waals surface area contributed by atoms with Gasteiger partial charge in [-0.05, 0) is 42.3 Å². The monoisotopic (exact) mass is 358 g/mol. The fourth-order valence-corrected chi connectivity index (χ4v) is 3.55. The van der Waals surface area contributed by atoms with Gasteiger partial charge in [-0.25, -0.2) is 0 Å². The summed E-state index contributed by atoms with van der Waals surface area (Å²) >= 11 is 0. The van der Waals surface area contributed by atoms with Gasteiger partial charge in [0.25, 0.3) is 0 Å². The average molecular weight is 358 g/mol. The maximum Gasteiger partial charge on any atom is 0.231 e. The molecule has 138 valence electrons. The lowest BCUT2D eigenvalue weighted by atomic mass is 9.90. The maximum atomic E-state index is 10.2. The molecule has 0 radical (unpaired) electrons. The Labute approximate surface area is 151 Å². The second-order valence-corrected chi connectivity index (χ2v) is 6.77. The molecule has 6 heteroatoms. The Hall–Kier alpha value is -2.44. The number of ether oxygens (including phenoxy) is 4. The number of rotatable bonds is 4. The van der Waals surface area contributed by atoms with Crippen molar-refractivity contribution in [2.24, 2.45) is 0 Å². The van der Waals surface area contributed by atoms with Crippen LogP contribution in [0.25, 0.3) is 0 Å². The molecule has 0 bridgehead atoms. The zero-order chi connectivity index (χ0) is 18.4. The minimum absolute atomic E-state index is 0.0421. The highest BCUT2D eigenvalue weighted by Gasteiger charge is 2.36. The number of hydrogen-bond acceptors (Lipinski definition) is 6. The van der Waals surface area contributed by atoms with Gasteiger partial charge in [0.05, 0.1) is 13.2 Å². The first-order valence-corrected chi connectivity index (χ1v) is 8.63. The Morgan fingerprint density at radius 2 is 1.88 bits per heavy atom. The second-order valence-electron chi connectivity index (χ2n) is 6.77. The predicted molar refractivity (Wildman–Crippen MR) is 94.0 cm³/mol. The van der Waals surface area contributed by atoms with Crippen LogP contribution in [0.1, 0.15) is 48.7 Å². The van der Waals surface area contributed by atoms with E-state index in [-0.39, 0.29) is 18.8 Å². The van der Waals surface area contributed by atoms with E-state index in [0.717, 1.165) is 16.9 Å². The van der Waals surface area contributed by atoms with Gasteiger partial charge in [0, 0.05) is 11.5 Å². The Bertz CT molecular complexity index is 831. The number of methoxy groups -OCH3 is 1. The number of aliphatic hydroxyl groups is 2. The van der Waals surface area contributed by atoms with Gasteiger partial charge in [-0.15, -0.1) is 0 Å². The molecule has 0 fully saturated rings. The highest BCUT2D eigenvalue weighted by atomic mass is 16.7. The van der Waals surface area contributed by atoms with Gasteiger partial charge < -0.3 is 29.2 Å². The third-order valence-electron chi connectivity index (χ3n) is 5.04. The van der Waals surface area contributed by atoms with Crippen molar-refractivity contribution in [3.8, 4) is 23.0 Å². The van der Waals surface area contributed by atoms with Crippen LogP contribution in [0.2, 0.25) is 0 Å². The summed E-state index contributed by atoms with van der Waals surface area (Å²) in [5.41, 5.74) is 2.54. The van der Waals surface area contributed by atoms with E-state index >= 15 is 0 Å². The first kappa shape index (κ1) is 17.0. The van der Waals surface area contributed by atoms with Crippen molar-refractivity contribution in [1.82, 2.24) is 0 Å². The second kappa shape index (κ2) is 6.37. The molecule has 2 aromatic rings. The quantitative estimate of drug-likeness (QED) is 0.875. The molecule has 0 spiro atoms. The van der Waals surface area contributed by atoms with Gasteiger partial charge >= 0.3 is 0 Å². The summed E-state index contributed by atoms with van der Waals surface area (Å²) in [6.07, 6.45) is -2.06. The molecule has 2 unspecified atom stereocenters. The zero-order valence-electron chi connectivity index (χ0n) is 14.9. The lowest BCUT2D eigenvalue weighted by Crippen LogP contribution is -2.14. The highest BCUT2D eigenvalue weighted by Crippen LogP contribution is 2.52. The van der Waals surface area contributed by atoms with Crippen molar-refractivity contribution in [2.75, 3.05) is 13.9 Å². The summed E-state index contributed by atoms with van der Waals surface area (Å²) in [5.74, 6) is 2.71. The zero-order valence-corrected chi connectivity index (χ0v) is 14.9. The molecule has 26 heavy (non-hydrogen) atoms. The molecule has 6 nitrogen and oxygen atoms in total. The van der Waals surface area contributed by atoms with Crippen LogP contribution >= 0.6 is 0 Å². The fourth-order valence-electron chi connectivity index (χ4n) is 3.55. The van der Waals surface area contributed by atoms with Gasteiger partial charge in [0.2, 0.25) is 6.79 Å². The van der Waals surface area contributed by atoms with Crippen LogP contribution in [0.4, 0.5) is 0 Å². The molecule has 2 N–H and O–H groups in total. The first-order valence-electron chi connectivity index (χ1n) is 8.63. The fraction of sp³-hybridized carbons (Fsp3) is 0.400. The van der Waals surface area contributed by atoms with Crippen LogP contribution in [0, 0.1) is 0 Å². The molecule has 0 amide bonds. The molecule has 0 aliphatic carbocycles. The van der Waals surface area contributed by atoms with E-state index in [0.29, 0.717) is 22.8 Å². The van der Waals surface area contributed by atoms with E-state index in [2.05, 4.69) is 6.92 Å². The lowest BCUT2D eigenvalue weighted by Gasteiger charge is -2.17.